The third-order valence-corrected chi connectivity index (χ3v) is 4.95. The molecule has 122 valence electrons. The largest absolute Gasteiger partial charge is 0.335 e. The highest BCUT2D eigenvalue weighted by molar-refractivity contribution is 5.92. The SMILES string of the molecule is CCN(C(=O)c1cc(C2CC2)n(C(C)(C)C)n1)C1CCCC1. The molecule has 1 aromatic heterocycles. The molecule has 0 unspecified atom stereocenters. The van der Waals surface area contributed by atoms with E-state index in [-0.39, 0.29) is 11.4 Å². The van der Waals surface area contributed by atoms with Crippen LogP contribution in [0.25, 0.3) is 0 Å². The topological polar surface area (TPSA) is 38.1 Å². The van der Waals surface area contributed by atoms with Crippen molar-refractivity contribution in [3.63, 3.8) is 0 Å². The minimum atomic E-state index is -0.0686. The van der Waals surface area contributed by atoms with Gasteiger partial charge in [0.1, 0.15) is 0 Å². The summed E-state index contributed by atoms with van der Waals surface area (Å²) < 4.78 is 2.08. The van der Waals surface area contributed by atoms with E-state index < -0.39 is 0 Å². The Bertz CT molecular complexity index is 545. The maximum atomic E-state index is 12.9. The molecule has 3 rings (SSSR count). The van der Waals surface area contributed by atoms with Gasteiger partial charge in [-0.2, -0.15) is 5.10 Å². The molecule has 0 saturated heterocycles. The van der Waals surface area contributed by atoms with E-state index in [2.05, 4.69) is 38.4 Å². The van der Waals surface area contributed by atoms with Crippen LogP contribution in [0.5, 0.6) is 0 Å². The van der Waals surface area contributed by atoms with E-state index in [4.69, 9.17) is 5.10 Å². The van der Waals surface area contributed by atoms with Crippen LogP contribution in [0.15, 0.2) is 6.07 Å². The maximum absolute atomic E-state index is 12.9. The standard InChI is InChI=1S/C18H29N3O/c1-5-20(14-8-6-7-9-14)17(22)15-12-16(13-10-11-13)21(19-15)18(2,3)4/h12-14H,5-11H2,1-4H3. The summed E-state index contributed by atoms with van der Waals surface area (Å²) in [7, 11) is 0. The summed E-state index contributed by atoms with van der Waals surface area (Å²) in [6, 6.07) is 2.48. The number of hydrogen-bond donors (Lipinski definition) is 0. The summed E-state index contributed by atoms with van der Waals surface area (Å²) in [6.45, 7) is 9.35. The Balaban J connectivity index is 1.88. The van der Waals surface area contributed by atoms with Crippen LogP contribution in [0.2, 0.25) is 0 Å². The number of hydrogen-bond acceptors (Lipinski definition) is 2. The van der Waals surface area contributed by atoms with Crippen molar-refractivity contribution in [2.45, 2.75) is 83.7 Å². The highest BCUT2D eigenvalue weighted by Crippen LogP contribution is 2.42. The molecule has 1 amide bonds. The summed E-state index contributed by atoms with van der Waals surface area (Å²) in [5.41, 5.74) is 1.82. The van der Waals surface area contributed by atoms with Crippen molar-refractivity contribution in [2.24, 2.45) is 0 Å². The van der Waals surface area contributed by atoms with Crippen molar-refractivity contribution < 1.29 is 4.79 Å². The normalized spacial score (nSPS) is 19.6. The van der Waals surface area contributed by atoms with Gasteiger partial charge in [0.25, 0.3) is 5.91 Å². The lowest BCUT2D eigenvalue weighted by molar-refractivity contribution is 0.0685. The molecule has 1 aromatic rings. The van der Waals surface area contributed by atoms with Crippen molar-refractivity contribution in [2.75, 3.05) is 6.54 Å². The number of aromatic nitrogens is 2. The predicted molar refractivity (Wildman–Crippen MR) is 88.2 cm³/mol. The molecular formula is C18H29N3O. The number of nitrogens with zero attached hydrogens (tertiary/aromatic N) is 3. The molecule has 22 heavy (non-hydrogen) atoms. The Morgan fingerprint density at radius 2 is 1.91 bits per heavy atom. The minimum Gasteiger partial charge on any atom is -0.335 e. The van der Waals surface area contributed by atoms with E-state index in [9.17, 15) is 4.79 Å². The number of amides is 1. The lowest BCUT2D eigenvalue weighted by Gasteiger charge is -2.27. The molecule has 2 aliphatic rings. The van der Waals surface area contributed by atoms with Crippen molar-refractivity contribution in [1.82, 2.24) is 14.7 Å². The summed E-state index contributed by atoms with van der Waals surface area (Å²) in [5, 5.41) is 4.71. The third kappa shape index (κ3) is 2.92. The van der Waals surface area contributed by atoms with Gasteiger partial charge in [-0.1, -0.05) is 12.8 Å². The van der Waals surface area contributed by atoms with Crippen molar-refractivity contribution in [3.8, 4) is 0 Å². The maximum Gasteiger partial charge on any atom is 0.274 e. The van der Waals surface area contributed by atoms with Gasteiger partial charge in [-0.25, -0.2) is 0 Å². The second kappa shape index (κ2) is 5.71. The fraction of sp³-hybridized carbons (Fsp3) is 0.778. The van der Waals surface area contributed by atoms with Gasteiger partial charge >= 0.3 is 0 Å². The fourth-order valence-corrected chi connectivity index (χ4v) is 3.64. The highest BCUT2D eigenvalue weighted by Gasteiger charge is 2.34. The molecule has 0 aliphatic heterocycles. The predicted octanol–water partition coefficient (Wildman–Crippen LogP) is 3.92. The Morgan fingerprint density at radius 1 is 1.27 bits per heavy atom. The molecule has 1 heterocycles. The average molecular weight is 303 g/mol. The lowest BCUT2D eigenvalue weighted by atomic mass is 10.1. The van der Waals surface area contributed by atoms with Gasteiger partial charge < -0.3 is 4.90 Å². The highest BCUT2D eigenvalue weighted by atomic mass is 16.2. The van der Waals surface area contributed by atoms with Gasteiger partial charge in [-0.3, -0.25) is 9.48 Å². The Kier molecular flexibility index (Phi) is 4.04. The van der Waals surface area contributed by atoms with E-state index in [1.807, 2.05) is 4.90 Å². The zero-order chi connectivity index (χ0) is 15.9. The molecule has 0 spiro atoms. The monoisotopic (exact) mass is 303 g/mol. The van der Waals surface area contributed by atoms with Crippen molar-refractivity contribution in [3.05, 3.63) is 17.5 Å². The van der Waals surface area contributed by atoms with Crippen LogP contribution < -0.4 is 0 Å². The van der Waals surface area contributed by atoms with E-state index in [0.29, 0.717) is 17.7 Å². The molecular weight excluding hydrogens is 274 g/mol. The van der Waals surface area contributed by atoms with Gasteiger partial charge in [-0.05, 0) is 59.4 Å². The summed E-state index contributed by atoms with van der Waals surface area (Å²) >= 11 is 0. The molecule has 0 atom stereocenters. The van der Waals surface area contributed by atoms with Gasteiger partial charge in [-0.15, -0.1) is 0 Å². The molecule has 2 saturated carbocycles. The van der Waals surface area contributed by atoms with E-state index in [1.165, 1.54) is 31.4 Å². The minimum absolute atomic E-state index is 0.0686. The molecule has 4 heteroatoms. The van der Waals surface area contributed by atoms with E-state index in [1.54, 1.807) is 0 Å². The molecule has 2 aliphatic carbocycles. The average Bonchev–Trinajstić information content (AvgIpc) is 2.99. The number of carbonyl (C=O) groups is 1. The first-order chi connectivity index (χ1) is 10.4. The molecule has 0 bridgehead atoms. The molecule has 4 nitrogen and oxygen atoms in total. The first kappa shape index (κ1) is 15.6. The smallest absolute Gasteiger partial charge is 0.274 e. The molecule has 2 fully saturated rings. The van der Waals surface area contributed by atoms with Crippen LogP contribution in [0.4, 0.5) is 0 Å². The van der Waals surface area contributed by atoms with Crippen LogP contribution in [0, 0.1) is 0 Å². The first-order valence-corrected chi connectivity index (χ1v) is 8.83. The van der Waals surface area contributed by atoms with Crippen LogP contribution in [-0.2, 0) is 5.54 Å². The Hall–Kier alpha value is -1.32. The van der Waals surface area contributed by atoms with Crippen molar-refractivity contribution in [1.29, 1.82) is 0 Å². The van der Waals surface area contributed by atoms with Gasteiger partial charge in [0.05, 0.1) is 5.54 Å². The third-order valence-electron chi connectivity index (χ3n) is 4.95. The fourth-order valence-electron chi connectivity index (χ4n) is 3.64. The second-order valence-corrected chi connectivity index (χ2v) is 7.84. The van der Waals surface area contributed by atoms with Gasteiger partial charge in [0, 0.05) is 24.2 Å². The van der Waals surface area contributed by atoms with Crippen LogP contribution in [-0.4, -0.2) is 33.2 Å². The molecule has 0 radical (unpaired) electrons. The molecule has 0 aromatic carbocycles. The van der Waals surface area contributed by atoms with Gasteiger partial charge in [0.2, 0.25) is 0 Å². The van der Waals surface area contributed by atoms with E-state index >= 15 is 0 Å². The van der Waals surface area contributed by atoms with Crippen molar-refractivity contribution >= 4 is 5.91 Å². The lowest BCUT2D eigenvalue weighted by Crippen LogP contribution is -2.39. The summed E-state index contributed by atoms with van der Waals surface area (Å²) in [5.74, 6) is 0.731. The second-order valence-electron chi connectivity index (χ2n) is 7.84. The zero-order valence-corrected chi connectivity index (χ0v) is 14.4. The Morgan fingerprint density at radius 3 is 2.41 bits per heavy atom. The Labute approximate surface area is 133 Å². The van der Waals surface area contributed by atoms with Crippen LogP contribution in [0.1, 0.15) is 88.3 Å². The van der Waals surface area contributed by atoms with Crippen LogP contribution >= 0.6 is 0 Å². The first-order valence-electron chi connectivity index (χ1n) is 8.83. The summed E-state index contributed by atoms with van der Waals surface area (Å²) in [6.07, 6.45) is 7.26. The summed E-state index contributed by atoms with van der Waals surface area (Å²) in [4.78, 5) is 15.0. The number of rotatable bonds is 4. The zero-order valence-electron chi connectivity index (χ0n) is 14.4. The molecule has 0 N–H and O–H groups in total. The number of carbonyl (C=O) groups excluding carboxylic acids is 1. The van der Waals surface area contributed by atoms with Crippen LogP contribution in [0.3, 0.4) is 0 Å². The van der Waals surface area contributed by atoms with E-state index in [0.717, 1.165) is 19.4 Å². The quantitative estimate of drug-likeness (QED) is 0.845. The van der Waals surface area contributed by atoms with Gasteiger partial charge in [0.15, 0.2) is 5.69 Å².